The van der Waals surface area contributed by atoms with Gasteiger partial charge in [0.15, 0.2) is 0 Å². The molecule has 0 unspecified atom stereocenters. The van der Waals surface area contributed by atoms with Crippen LogP contribution in [-0.4, -0.2) is 0 Å². The van der Waals surface area contributed by atoms with Crippen LogP contribution in [0, 0.1) is 0 Å². The molecule has 6 heteroatoms. The van der Waals surface area contributed by atoms with Crippen LogP contribution in [0.1, 0.15) is 0 Å². The molecule has 0 saturated heterocycles. The highest BCUT2D eigenvalue weighted by Crippen LogP contribution is 2.45. The first-order valence-electron chi connectivity index (χ1n) is 29.7. The van der Waals surface area contributed by atoms with Gasteiger partial charge in [0.25, 0.3) is 0 Å². The smallest absolute Gasteiger partial charge is 0.143 e. The van der Waals surface area contributed by atoms with Gasteiger partial charge in [0.1, 0.15) is 11.2 Å². The minimum Gasteiger partial charge on any atom is -0.455 e. The van der Waals surface area contributed by atoms with Crippen LogP contribution in [0.2, 0.25) is 0 Å². The highest BCUT2D eigenvalue weighted by Gasteiger charge is 2.21. The van der Waals surface area contributed by atoms with Crippen molar-refractivity contribution >= 4 is 102 Å². The van der Waals surface area contributed by atoms with E-state index in [-0.39, 0.29) is 0 Å². The van der Waals surface area contributed by atoms with E-state index in [0.717, 1.165) is 112 Å². The minimum absolute atomic E-state index is 0.894. The van der Waals surface area contributed by atoms with E-state index in [1.54, 1.807) is 0 Å². The molecule has 0 fully saturated rings. The zero-order valence-corrected chi connectivity index (χ0v) is 48.9. The standard InChI is InChI=1S/C82H58N4OS/c1-6-19-62(20-7-1)80-57-58-81(88-80)63-39-47-71(48-40-63)85(70-45-37-61(38-46-70)76-30-18-31-78-77-29-16-17-32-79(77)87-82(76)78)68-41-33-59(34-42-68)60-35-43-69(44-36-60)86(74-53-49-72(50-54-74)83(64-21-8-2-9-22-64)65-23-10-3-11-24-65)75-55-51-73(52-56-75)84(66-25-12-4-13-26-66)67-27-14-5-15-28-67/h1-58H. The largest absolute Gasteiger partial charge is 0.455 e. The quantitative estimate of drug-likeness (QED) is 0.0961. The van der Waals surface area contributed by atoms with E-state index in [1.807, 2.05) is 23.5 Å². The maximum Gasteiger partial charge on any atom is 0.143 e. The van der Waals surface area contributed by atoms with E-state index in [2.05, 4.69) is 359 Å². The fourth-order valence-corrected chi connectivity index (χ4v) is 13.0. The number of para-hydroxylation sites is 6. The number of rotatable bonds is 16. The first-order chi connectivity index (χ1) is 43.6. The predicted molar refractivity (Wildman–Crippen MR) is 372 cm³/mol. The summed E-state index contributed by atoms with van der Waals surface area (Å²) < 4.78 is 6.49. The third-order valence-electron chi connectivity index (χ3n) is 16.3. The summed E-state index contributed by atoms with van der Waals surface area (Å²) in [4.78, 5) is 11.8. The van der Waals surface area contributed by atoms with E-state index >= 15 is 0 Å². The fraction of sp³-hybridized carbons (Fsp3) is 0. The maximum atomic E-state index is 6.49. The number of fused-ring (bicyclic) bond motifs is 3. The van der Waals surface area contributed by atoms with Crippen LogP contribution in [0.3, 0.4) is 0 Å². The summed E-state index contributed by atoms with van der Waals surface area (Å²) in [6.45, 7) is 0. The summed E-state index contributed by atoms with van der Waals surface area (Å²) in [6.07, 6.45) is 0. The van der Waals surface area contributed by atoms with Crippen molar-refractivity contribution in [3.63, 3.8) is 0 Å². The van der Waals surface area contributed by atoms with Gasteiger partial charge in [-0.25, -0.2) is 0 Å². The van der Waals surface area contributed by atoms with Crippen LogP contribution in [0.25, 0.3) is 65.1 Å². The van der Waals surface area contributed by atoms with Crippen molar-refractivity contribution in [2.24, 2.45) is 0 Å². The number of nitrogens with zero attached hydrogens (tertiary/aromatic N) is 4. The zero-order chi connectivity index (χ0) is 58.6. The molecule has 5 nitrogen and oxygen atoms in total. The number of hydrogen-bond acceptors (Lipinski definition) is 6. The summed E-state index contributed by atoms with van der Waals surface area (Å²) in [5.74, 6) is 0. The van der Waals surface area contributed by atoms with Crippen LogP contribution < -0.4 is 19.6 Å². The Morgan fingerprint density at radius 3 is 0.841 bits per heavy atom. The van der Waals surface area contributed by atoms with Crippen molar-refractivity contribution < 1.29 is 4.42 Å². The molecule has 0 aliphatic heterocycles. The first-order valence-corrected chi connectivity index (χ1v) is 30.5. The lowest BCUT2D eigenvalue weighted by Gasteiger charge is -2.29. The van der Waals surface area contributed by atoms with Gasteiger partial charge in [0.05, 0.1) is 0 Å². The molecule has 0 bridgehead atoms. The van der Waals surface area contributed by atoms with Gasteiger partial charge < -0.3 is 24.0 Å². The molecule has 0 atom stereocenters. The van der Waals surface area contributed by atoms with Gasteiger partial charge in [0, 0.05) is 94.3 Å². The second-order valence-electron chi connectivity index (χ2n) is 21.7. The molecule has 15 aromatic rings. The van der Waals surface area contributed by atoms with Gasteiger partial charge in [0.2, 0.25) is 0 Å². The second kappa shape index (κ2) is 23.9. The molecule has 0 saturated carbocycles. The van der Waals surface area contributed by atoms with Crippen LogP contribution in [-0.2, 0) is 0 Å². The SMILES string of the molecule is c1ccc(-c2ccc(-c3ccc(N(c4ccc(-c5ccc(N(c6ccc(N(c7ccccc7)c7ccccc7)cc6)c6ccc(N(c7ccccc7)c7ccccc7)cc6)cc5)cc4)c4ccc(-c5cccc6c5oc5ccccc56)cc4)cc3)s2)cc1. The lowest BCUT2D eigenvalue weighted by molar-refractivity contribution is 0.670. The Morgan fingerprint density at radius 1 is 0.193 bits per heavy atom. The minimum atomic E-state index is 0.894. The number of hydrogen-bond donors (Lipinski definition) is 0. The first kappa shape index (κ1) is 53.3. The van der Waals surface area contributed by atoms with Crippen LogP contribution >= 0.6 is 11.3 Å². The van der Waals surface area contributed by atoms with Crippen LogP contribution in [0.4, 0.5) is 68.2 Å². The summed E-state index contributed by atoms with van der Waals surface area (Å²) in [7, 11) is 0. The molecule has 0 spiro atoms. The average Bonchev–Trinajstić information content (AvgIpc) is 2.46. The highest BCUT2D eigenvalue weighted by molar-refractivity contribution is 7.18. The molecule has 0 radical (unpaired) electrons. The van der Waals surface area contributed by atoms with Crippen molar-refractivity contribution in [2.75, 3.05) is 19.6 Å². The molecule has 0 aliphatic rings. The number of benzene rings is 13. The van der Waals surface area contributed by atoms with Crippen LogP contribution in [0.5, 0.6) is 0 Å². The third-order valence-corrected chi connectivity index (χ3v) is 17.5. The highest BCUT2D eigenvalue weighted by atomic mass is 32.1. The second-order valence-corrected chi connectivity index (χ2v) is 22.8. The summed E-state index contributed by atoms with van der Waals surface area (Å²) in [5, 5.41) is 2.24. The Morgan fingerprint density at radius 2 is 0.466 bits per heavy atom. The third kappa shape index (κ3) is 10.7. The maximum absolute atomic E-state index is 6.49. The molecule has 0 aliphatic carbocycles. The molecule has 15 rings (SSSR count). The van der Waals surface area contributed by atoms with Gasteiger partial charge >= 0.3 is 0 Å². The topological polar surface area (TPSA) is 26.1 Å². The van der Waals surface area contributed by atoms with Gasteiger partial charge in [-0.1, -0.05) is 188 Å². The van der Waals surface area contributed by atoms with Crippen molar-refractivity contribution in [3.8, 4) is 43.1 Å². The van der Waals surface area contributed by atoms with Crippen LogP contribution in [0.15, 0.2) is 356 Å². The zero-order valence-electron chi connectivity index (χ0n) is 48.1. The van der Waals surface area contributed by atoms with Gasteiger partial charge in [-0.05, 0) is 192 Å². The van der Waals surface area contributed by atoms with Crippen molar-refractivity contribution in [3.05, 3.63) is 352 Å². The monoisotopic (exact) mass is 1150 g/mol. The fourth-order valence-electron chi connectivity index (χ4n) is 12.0. The average molecular weight is 1150 g/mol. The van der Waals surface area contributed by atoms with E-state index in [1.165, 1.54) is 20.9 Å². The van der Waals surface area contributed by atoms with Gasteiger partial charge in [-0.3, -0.25) is 0 Å². The molecule has 13 aromatic carbocycles. The lowest BCUT2D eigenvalue weighted by atomic mass is 10.0. The normalized spacial score (nSPS) is 11.2. The van der Waals surface area contributed by atoms with E-state index in [4.69, 9.17) is 4.42 Å². The molecule has 2 heterocycles. The summed E-state index contributed by atoms with van der Waals surface area (Å²) in [5.41, 5.74) is 21.4. The summed E-state index contributed by atoms with van der Waals surface area (Å²) >= 11 is 1.82. The van der Waals surface area contributed by atoms with Crippen molar-refractivity contribution in [2.45, 2.75) is 0 Å². The van der Waals surface area contributed by atoms with Gasteiger partial charge in [-0.2, -0.15) is 0 Å². The van der Waals surface area contributed by atoms with E-state index in [9.17, 15) is 0 Å². The van der Waals surface area contributed by atoms with E-state index < -0.39 is 0 Å². The van der Waals surface area contributed by atoms with E-state index in [0.29, 0.717) is 0 Å². The summed E-state index contributed by atoms with van der Waals surface area (Å²) in [6, 6.07) is 126. The molecule has 0 amide bonds. The molecular formula is C82H58N4OS. The molecule has 418 valence electrons. The predicted octanol–water partition coefficient (Wildman–Crippen LogP) is 24.2. The molecular weight excluding hydrogens is 1090 g/mol. The number of thiophene rings is 1. The Balaban J connectivity index is 0.766. The lowest BCUT2D eigenvalue weighted by Crippen LogP contribution is -2.13. The number of furan rings is 1. The van der Waals surface area contributed by atoms with Gasteiger partial charge in [-0.15, -0.1) is 11.3 Å². The Kier molecular flexibility index (Phi) is 14.5. The molecule has 88 heavy (non-hydrogen) atoms. The Bertz CT molecular complexity index is 4580. The Labute approximate surface area is 517 Å². The number of anilines is 12. The molecule has 0 N–H and O–H groups in total. The Hall–Kier alpha value is -11.4. The van der Waals surface area contributed by atoms with Crippen molar-refractivity contribution in [1.82, 2.24) is 0 Å². The molecule has 2 aromatic heterocycles. The van der Waals surface area contributed by atoms with Crippen molar-refractivity contribution in [1.29, 1.82) is 0 Å².